The molecular weight excluding hydrogens is 299 g/mol. The lowest BCUT2D eigenvalue weighted by Crippen LogP contribution is -2.49. The number of halogens is 1. The normalized spacial score (nSPS) is 17.5. The molecule has 1 aliphatic heterocycles. The molecule has 1 fully saturated rings. The topological polar surface area (TPSA) is 73.7 Å². The number of piperidine rings is 1. The van der Waals surface area contributed by atoms with Gasteiger partial charge in [-0.25, -0.2) is 14.2 Å². The van der Waals surface area contributed by atoms with Crippen LogP contribution >= 0.6 is 0 Å². The highest BCUT2D eigenvalue weighted by Crippen LogP contribution is 2.30. The molecule has 3 rings (SSSR count). The fraction of sp³-hybridized carbons (Fsp3) is 0.412. The van der Waals surface area contributed by atoms with Gasteiger partial charge < -0.3 is 15.1 Å². The van der Waals surface area contributed by atoms with Crippen LogP contribution < -0.4 is 4.90 Å². The number of fused-ring (bicyclic) bond motifs is 1. The third-order valence-corrected chi connectivity index (χ3v) is 4.59. The van der Waals surface area contributed by atoms with E-state index in [4.69, 9.17) is 5.11 Å². The van der Waals surface area contributed by atoms with Crippen LogP contribution in [-0.4, -0.2) is 39.9 Å². The summed E-state index contributed by atoms with van der Waals surface area (Å²) in [7, 11) is 0. The molecule has 0 unspecified atom stereocenters. The number of aliphatic hydroxyl groups is 1. The van der Waals surface area contributed by atoms with Crippen molar-refractivity contribution >= 4 is 22.7 Å². The summed E-state index contributed by atoms with van der Waals surface area (Å²) in [5.41, 5.74) is 0.678. The van der Waals surface area contributed by atoms with Crippen LogP contribution in [0.15, 0.2) is 18.2 Å². The average Bonchev–Trinajstić information content (AvgIpc) is 2.52. The lowest BCUT2D eigenvalue weighted by atomic mass is 9.91. The van der Waals surface area contributed by atoms with Gasteiger partial charge in [0.2, 0.25) is 0 Å². The minimum Gasteiger partial charge on any atom is -0.479 e. The fourth-order valence-electron chi connectivity index (χ4n) is 3.08. The number of hydrogen-bond acceptors (Lipinski definition) is 4. The van der Waals surface area contributed by atoms with Crippen LogP contribution in [0.5, 0.6) is 0 Å². The molecule has 0 amide bonds. The SMILES string of the molecule is Cc1cc2c(F)ccc(C)c2nc1N1CCC(O)(C(=O)O)CC1. The molecule has 5 nitrogen and oxygen atoms in total. The lowest BCUT2D eigenvalue weighted by Gasteiger charge is -2.36. The van der Waals surface area contributed by atoms with Gasteiger partial charge in [0.15, 0.2) is 5.60 Å². The van der Waals surface area contributed by atoms with Crippen molar-refractivity contribution in [1.82, 2.24) is 4.98 Å². The van der Waals surface area contributed by atoms with Gasteiger partial charge in [0.1, 0.15) is 11.6 Å². The summed E-state index contributed by atoms with van der Waals surface area (Å²) in [5.74, 6) is -0.761. The van der Waals surface area contributed by atoms with Gasteiger partial charge in [-0.2, -0.15) is 0 Å². The van der Waals surface area contributed by atoms with Gasteiger partial charge in [-0.1, -0.05) is 6.07 Å². The molecule has 1 aliphatic rings. The number of nitrogens with zero attached hydrogens (tertiary/aromatic N) is 2. The Morgan fingerprint density at radius 1 is 1.26 bits per heavy atom. The molecule has 1 saturated heterocycles. The Morgan fingerprint density at radius 3 is 2.52 bits per heavy atom. The molecule has 0 saturated carbocycles. The maximum Gasteiger partial charge on any atom is 0.335 e. The van der Waals surface area contributed by atoms with Crippen LogP contribution in [0.2, 0.25) is 0 Å². The van der Waals surface area contributed by atoms with Gasteiger partial charge >= 0.3 is 5.97 Å². The number of aryl methyl sites for hydroxylation is 2. The molecule has 2 aromatic rings. The lowest BCUT2D eigenvalue weighted by molar-refractivity contribution is -0.160. The van der Waals surface area contributed by atoms with Crippen molar-refractivity contribution in [3.8, 4) is 0 Å². The molecule has 0 spiro atoms. The number of carboxylic acid groups (broad SMARTS) is 1. The standard InChI is InChI=1S/C17H19FN2O3/c1-10-3-4-13(18)12-9-11(2)15(19-14(10)12)20-7-5-17(23,6-8-20)16(21)22/h3-4,9,23H,5-8H2,1-2H3,(H,21,22). The van der Waals surface area contributed by atoms with Crippen LogP contribution in [0.25, 0.3) is 10.9 Å². The Morgan fingerprint density at radius 2 is 1.91 bits per heavy atom. The summed E-state index contributed by atoms with van der Waals surface area (Å²) in [6.07, 6.45) is 0.285. The monoisotopic (exact) mass is 318 g/mol. The maximum absolute atomic E-state index is 14.0. The zero-order valence-corrected chi connectivity index (χ0v) is 13.1. The van der Waals surface area contributed by atoms with E-state index in [2.05, 4.69) is 4.98 Å². The molecule has 2 heterocycles. The second-order valence-electron chi connectivity index (χ2n) is 6.21. The van der Waals surface area contributed by atoms with E-state index >= 15 is 0 Å². The summed E-state index contributed by atoms with van der Waals surface area (Å²) in [5, 5.41) is 19.6. The number of anilines is 1. The van der Waals surface area contributed by atoms with Crippen molar-refractivity contribution < 1.29 is 19.4 Å². The van der Waals surface area contributed by atoms with Crippen molar-refractivity contribution in [3.05, 3.63) is 35.1 Å². The van der Waals surface area contributed by atoms with Gasteiger partial charge in [-0.15, -0.1) is 0 Å². The molecular formula is C17H19FN2O3. The molecule has 0 bridgehead atoms. The second-order valence-corrected chi connectivity index (χ2v) is 6.21. The van der Waals surface area contributed by atoms with E-state index in [1.54, 1.807) is 12.1 Å². The first-order valence-electron chi connectivity index (χ1n) is 7.59. The summed E-state index contributed by atoms with van der Waals surface area (Å²) in [4.78, 5) is 17.7. The molecule has 0 radical (unpaired) electrons. The van der Waals surface area contributed by atoms with E-state index in [1.807, 2.05) is 18.7 Å². The average molecular weight is 318 g/mol. The Bertz CT molecular complexity index is 783. The van der Waals surface area contributed by atoms with Gasteiger partial charge in [0, 0.05) is 31.3 Å². The Labute approximate surface area is 133 Å². The summed E-state index contributed by atoms with van der Waals surface area (Å²) in [6.45, 7) is 4.54. The Hall–Kier alpha value is -2.21. The first kappa shape index (κ1) is 15.7. The minimum absolute atomic E-state index is 0.142. The van der Waals surface area contributed by atoms with Gasteiger partial charge in [0.05, 0.1) is 5.52 Å². The highest BCUT2D eigenvalue weighted by atomic mass is 19.1. The zero-order valence-electron chi connectivity index (χ0n) is 13.1. The first-order valence-corrected chi connectivity index (χ1v) is 7.59. The van der Waals surface area contributed by atoms with Crippen molar-refractivity contribution in [2.24, 2.45) is 0 Å². The molecule has 23 heavy (non-hydrogen) atoms. The molecule has 2 N–H and O–H groups in total. The van der Waals surface area contributed by atoms with Crippen LogP contribution in [-0.2, 0) is 4.79 Å². The van der Waals surface area contributed by atoms with E-state index < -0.39 is 11.6 Å². The minimum atomic E-state index is -1.66. The van der Waals surface area contributed by atoms with Crippen LogP contribution in [0.4, 0.5) is 10.2 Å². The van der Waals surface area contributed by atoms with E-state index in [1.165, 1.54) is 6.07 Å². The van der Waals surface area contributed by atoms with Crippen LogP contribution in [0.3, 0.4) is 0 Å². The summed E-state index contributed by atoms with van der Waals surface area (Å²) in [6, 6.07) is 4.91. The number of carbonyl (C=O) groups is 1. The summed E-state index contributed by atoms with van der Waals surface area (Å²) < 4.78 is 14.0. The number of hydrogen-bond donors (Lipinski definition) is 2. The van der Waals surface area contributed by atoms with Crippen molar-refractivity contribution in [2.45, 2.75) is 32.3 Å². The largest absolute Gasteiger partial charge is 0.479 e. The highest BCUT2D eigenvalue weighted by Gasteiger charge is 2.39. The number of pyridine rings is 1. The maximum atomic E-state index is 14.0. The Kier molecular flexibility index (Phi) is 3.72. The van der Waals surface area contributed by atoms with E-state index in [0.717, 1.165) is 16.9 Å². The molecule has 1 aromatic heterocycles. The number of aromatic nitrogens is 1. The number of rotatable bonds is 2. The predicted molar refractivity (Wildman–Crippen MR) is 85.2 cm³/mol. The summed E-state index contributed by atoms with van der Waals surface area (Å²) >= 11 is 0. The zero-order chi connectivity index (χ0) is 16.8. The highest BCUT2D eigenvalue weighted by molar-refractivity contribution is 5.85. The van der Waals surface area contributed by atoms with E-state index in [-0.39, 0.29) is 18.7 Å². The van der Waals surface area contributed by atoms with Gasteiger partial charge in [-0.05, 0) is 37.1 Å². The molecule has 122 valence electrons. The van der Waals surface area contributed by atoms with E-state index in [9.17, 15) is 14.3 Å². The predicted octanol–water partition coefficient (Wildman–Crippen LogP) is 2.41. The fourth-order valence-corrected chi connectivity index (χ4v) is 3.08. The number of benzene rings is 1. The second kappa shape index (κ2) is 5.45. The van der Waals surface area contributed by atoms with Gasteiger partial charge in [-0.3, -0.25) is 0 Å². The number of carboxylic acids is 1. The molecule has 1 aromatic carbocycles. The quantitative estimate of drug-likeness (QED) is 0.889. The Balaban J connectivity index is 1.97. The van der Waals surface area contributed by atoms with Crippen molar-refractivity contribution in [3.63, 3.8) is 0 Å². The van der Waals surface area contributed by atoms with Crippen LogP contribution in [0.1, 0.15) is 24.0 Å². The van der Waals surface area contributed by atoms with Crippen molar-refractivity contribution in [1.29, 1.82) is 0 Å². The number of aliphatic carboxylic acids is 1. The third-order valence-electron chi connectivity index (χ3n) is 4.59. The third kappa shape index (κ3) is 2.63. The first-order chi connectivity index (χ1) is 10.8. The molecule has 6 heteroatoms. The molecule has 0 atom stereocenters. The smallest absolute Gasteiger partial charge is 0.335 e. The van der Waals surface area contributed by atoms with Crippen LogP contribution in [0, 0.1) is 19.7 Å². The molecule has 0 aliphatic carbocycles. The van der Waals surface area contributed by atoms with Gasteiger partial charge in [0.25, 0.3) is 0 Å². The van der Waals surface area contributed by atoms with Crippen molar-refractivity contribution in [2.75, 3.05) is 18.0 Å². The van der Waals surface area contributed by atoms with E-state index in [0.29, 0.717) is 24.0 Å².